The van der Waals surface area contributed by atoms with Gasteiger partial charge in [-0.1, -0.05) is 0 Å². The van der Waals surface area contributed by atoms with Crippen molar-refractivity contribution in [1.29, 1.82) is 0 Å². The molecular formula is C14H20N2O4S. The van der Waals surface area contributed by atoms with Gasteiger partial charge in [0.2, 0.25) is 5.91 Å². The average molecular weight is 312 g/mol. The van der Waals surface area contributed by atoms with E-state index in [0.29, 0.717) is 12.1 Å². The van der Waals surface area contributed by atoms with E-state index in [4.69, 9.17) is 4.74 Å². The molecule has 6 nitrogen and oxygen atoms in total. The number of hydrogen-bond donors (Lipinski definition) is 2. The van der Waals surface area contributed by atoms with Gasteiger partial charge in [0, 0.05) is 11.2 Å². The molecule has 1 fully saturated rings. The Morgan fingerprint density at radius 2 is 2.00 bits per heavy atom. The highest BCUT2D eigenvalue weighted by atomic mass is 32.2. The van der Waals surface area contributed by atoms with Gasteiger partial charge in [-0.2, -0.15) is 0 Å². The number of ether oxygens (including phenoxy) is 1. The lowest BCUT2D eigenvalue weighted by molar-refractivity contribution is -0.115. The molecule has 0 bridgehead atoms. The van der Waals surface area contributed by atoms with Crippen molar-refractivity contribution in [3.05, 3.63) is 24.3 Å². The van der Waals surface area contributed by atoms with Crippen LogP contribution in [0.15, 0.2) is 24.3 Å². The number of nitrogens with one attached hydrogen (secondary N) is 2. The first kappa shape index (κ1) is 15.8. The number of sulfone groups is 1. The highest BCUT2D eigenvalue weighted by molar-refractivity contribution is 7.91. The largest absolute Gasteiger partial charge is 0.497 e. The normalized spacial score (nSPS) is 23.7. The molecule has 116 valence electrons. The van der Waals surface area contributed by atoms with Gasteiger partial charge >= 0.3 is 0 Å². The Hall–Kier alpha value is -1.60. The molecule has 1 heterocycles. The van der Waals surface area contributed by atoms with Gasteiger partial charge in [-0.15, -0.1) is 0 Å². The molecule has 1 aliphatic rings. The summed E-state index contributed by atoms with van der Waals surface area (Å²) in [4.78, 5) is 11.9. The topological polar surface area (TPSA) is 84.5 Å². The molecule has 1 saturated heterocycles. The molecule has 2 rings (SSSR count). The van der Waals surface area contributed by atoms with E-state index in [1.165, 1.54) is 0 Å². The van der Waals surface area contributed by atoms with Gasteiger partial charge in [0.15, 0.2) is 9.84 Å². The summed E-state index contributed by atoms with van der Waals surface area (Å²) in [5, 5.41) is 5.79. The van der Waals surface area contributed by atoms with Gasteiger partial charge in [-0.05, 0) is 37.6 Å². The van der Waals surface area contributed by atoms with Crippen LogP contribution in [0.5, 0.6) is 5.75 Å². The summed E-state index contributed by atoms with van der Waals surface area (Å²) < 4.78 is 28.0. The van der Waals surface area contributed by atoms with Crippen LogP contribution in [-0.2, 0) is 14.6 Å². The standard InChI is InChI=1S/C14H20N2O4S/c1-14(7-8-21(18,19)10-14)15-9-13(17)16-11-3-5-12(20-2)6-4-11/h3-6,15H,7-10H2,1-2H3,(H,16,17). The number of anilines is 1. The molecule has 0 aliphatic carbocycles. The smallest absolute Gasteiger partial charge is 0.238 e. The van der Waals surface area contributed by atoms with E-state index in [2.05, 4.69) is 10.6 Å². The molecule has 1 aromatic carbocycles. The van der Waals surface area contributed by atoms with Crippen LogP contribution in [0, 0.1) is 0 Å². The number of carbonyl (C=O) groups is 1. The maximum atomic E-state index is 11.9. The van der Waals surface area contributed by atoms with Crippen LogP contribution in [0.1, 0.15) is 13.3 Å². The SMILES string of the molecule is COc1ccc(NC(=O)CNC2(C)CCS(=O)(=O)C2)cc1. The van der Waals surface area contributed by atoms with Crippen molar-refractivity contribution < 1.29 is 17.9 Å². The molecule has 2 N–H and O–H groups in total. The summed E-state index contributed by atoms with van der Waals surface area (Å²) in [7, 11) is -1.40. The van der Waals surface area contributed by atoms with Crippen LogP contribution in [-0.4, -0.2) is 45.0 Å². The minimum atomic E-state index is -2.98. The van der Waals surface area contributed by atoms with Gasteiger partial charge < -0.3 is 15.4 Å². The third kappa shape index (κ3) is 4.44. The number of methoxy groups -OCH3 is 1. The zero-order valence-corrected chi connectivity index (χ0v) is 13.0. The average Bonchev–Trinajstić information content (AvgIpc) is 2.72. The molecule has 1 unspecified atom stereocenters. The molecule has 0 aromatic heterocycles. The van der Waals surface area contributed by atoms with Gasteiger partial charge in [0.05, 0.1) is 25.2 Å². The second-order valence-corrected chi connectivity index (χ2v) is 7.72. The van der Waals surface area contributed by atoms with Gasteiger partial charge in [-0.25, -0.2) is 8.42 Å². The number of amides is 1. The highest BCUT2D eigenvalue weighted by Gasteiger charge is 2.38. The van der Waals surface area contributed by atoms with Crippen molar-refractivity contribution in [2.24, 2.45) is 0 Å². The van der Waals surface area contributed by atoms with Crippen LogP contribution in [0.25, 0.3) is 0 Å². The Bertz CT molecular complexity index is 612. The Labute approximate surface area is 124 Å². The van der Waals surface area contributed by atoms with E-state index in [1.54, 1.807) is 31.4 Å². The zero-order valence-electron chi connectivity index (χ0n) is 12.2. The molecule has 0 spiro atoms. The molecule has 1 amide bonds. The van der Waals surface area contributed by atoms with Crippen LogP contribution >= 0.6 is 0 Å². The van der Waals surface area contributed by atoms with E-state index in [0.717, 1.165) is 5.75 Å². The first-order valence-corrected chi connectivity index (χ1v) is 8.53. The van der Waals surface area contributed by atoms with Crippen LogP contribution in [0.4, 0.5) is 5.69 Å². The second-order valence-electron chi connectivity index (χ2n) is 5.53. The summed E-state index contributed by atoms with van der Waals surface area (Å²) in [6.45, 7) is 1.91. The van der Waals surface area contributed by atoms with Crippen LogP contribution in [0.3, 0.4) is 0 Å². The number of benzene rings is 1. The van der Waals surface area contributed by atoms with Crippen molar-refractivity contribution in [2.45, 2.75) is 18.9 Å². The van der Waals surface area contributed by atoms with E-state index in [-0.39, 0.29) is 24.0 Å². The zero-order chi connectivity index (χ0) is 15.5. The molecule has 1 aromatic rings. The van der Waals surface area contributed by atoms with Crippen molar-refractivity contribution in [2.75, 3.05) is 30.5 Å². The van der Waals surface area contributed by atoms with Crippen molar-refractivity contribution >= 4 is 21.4 Å². The van der Waals surface area contributed by atoms with Gasteiger partial charge in [0.25, 0.3) is 0 Å². The Balaban J connectivity index is 1.85. The lowest BCUT2D eigenvalue weighted by Crippen LogP contribution is -2.46. The fraction of sp³-hybridized carbons (Fsp3) is 0.500. The van der Waals surface area contributed by atoms with Crippen LogP contribution in [0.2, 0.25) is 0 Å². The Morgan fingerprint density at radius 1 is 1.33 bits per heavy atom. The summed E-state index contributed by atoms with van der Waals surface area (Å²) in [5.41, 5.74) is 0.155. The highest BCUT2D eigenvalue weighted by Crippen LogP contribution is 2.22. The quantitative estimate of drug-likeness (QED) is 0.840. The lowest BCUT2D eigenvalue weighted by Gasteiger charge is -2.23. The van der Waals surface area contributed by atoms with Crippen molar-refractivity contribution in [3.63, 3.8) is 0 Å². The van der Waals surface area contributed by atoms with E-state index in [1.807, 2.05) is 6.92 Å². The predicted octanol–water partition coefficient (Wildman–Crippen LogP) is 0.800. The van der Waals surface area contributed by atoms with E-state index < -0.39 is 15.4 Å². The predicted molar refractivity (Wildman–Crippen MR) is 81.3 cm³/mol. The number of carbonyl (C=O) groups excluding carboxylic acids is 1. The second kappa shape index (κ2) is 6.03. The fourth-order valence-electron chi connectivity index (χ4n) is 2.32. The summed E-state index contributed by atoms with van der Waals surface area (Å²) in [6, 6.07) is 7.01. The fourth-order valence-corrected chi connectivity index (χ4v) is 4.45. The van der Waals surface area contributed by atoms with Gasteiger partial charge in [-0.3, -0.25) is 4.79 Å². The molecule has 0 radical (unpaired) electrons. The number of rotatable bonds is 5. The van der Waals surface area contributed by atoms with Crippen LogP contribution < -0.4 is 15.4 Å². The Kier molecular flexibility index (Phi) is 4.53. The third-order valence-electron chi connectivity index (χ3n) is 3.55. The molecule has 21 heavy (non-hydrogen) atoms. The minimum Gasteiger partial charge on any atom is -0.497 e. The molecule has 0 saturated carbocycles. The summed E-state index contributed by atoms with van der Waals surface area (Å²) >= 11 is 0. The van der Waals surface area contributed by atoms with Crippen molar-refractivity contribution in [3.8, 4) is 5.75 Å². The molecular weight excluding hydrogens is 292 g/mol. The molecule has 1 aliphatic heterocycles. The molecule has 1 atom stereocenters. The van der Waals surface area contributed by atoms with E-state index in [9.17, 15) is 13.2 Å². The van der Waals surface area contributed by atoms with Crippen molar-refractivity contribution in [1.82, 2.24) is 5.32 Å². The lowest BCUT2D eigenvalue weighted by atomic mass is 10.0. The summed E-state index contributed by atoms with van der Waals surface area (Å²) in [5.74, 6) is 0.771. The minimum absolute atomic E-state index is 0.0792. The third-order valence-corrected chi connectivity index (χ3v) is 5.46. The first-order chi connectivity index (χ1) is 9.82. The maximum absolute atomic E-state index is 11.9. The first-order valence-electron chi connectivity index (χ1n) is 6.71. The monoisotopic (exact) mass is 312 g/mol. The number of hydrogen-bond acceptors (Lipinski definition) is 5. The van der Waals surface area contributed by atoms with E-state index >= 15 is 0 Å². The Morgan fingerprint density at radius 3 is 2.52 bits per heavy atom. The maximum Gasteiger partial charge on any atom is 0.238 e. The molecule has 7 heteroatoms. The van der Waals surface area contributed by atoms with Gasteiger partial charge in [0.1, 0.15) is 5.75 Å². The summed E-state index contributed by atoms with van der Waals surface area (Å²) in [6.07, 6.45) is 0.533.